The van der Waals surface area contributed by atoms with Crippen molar-refractivity contribution in [1.29, 1.82) is 0 Å². The van der Waals surface area contributed by atoms with Crippen LogP contribution in [0.4, 0.5) is 5.82 Å². The highest BCUT2D eigenvalue weighted by molar-refractivity contribution is 7.98. The van der Waals surface area contributed by atoms with Crippen molar-refractivity contribution in [3.05, 3.63) is 29.5 Å². The number of hydrogen-bond donors (Lipinski definition) is 2. The van der Waals surface area contributed by atoms with Crippen molar-refractivity contribution >= 4 is 17.6 Å². The number of nitrogens with one attached hydrogen (secondary N) is 1. The van der Waals surface area contributed by atoms with Gasteiger partial charge < -0.3 is 9.84 Å². The molecule has 3 N–H and O–H groups in total. The Balaban J connectivity index is 2.05. The molecular weight excluding hydrogens is 238 g/mol. The third-order valence-corrected chi connectivity index (χ3v) is 2.81. The largest absolute Gasteiger partial charge is 0.440 e. The summed E-state index contributed by atoms with van der Waals surface area (Å²) in [5.74, 6) is 7.22. The first-order chi connectivity index (χ1) is 8.17. The van der Waals surface area contributed by atoms with E-state index in [0.29, 0.717) is 22.6 Å². The Hall–Kier alpha value is -1.60. The third kappa shape index (κ3) is 3.18. The van der Waals surface area contributed by atoms with E-state index in [-0.39, 0.29) is 0 Å². The molecule has 90 valence electrons. The van der Waals surface area contributed by atoms with Crippen molar-refractivity contribution in [3.8, 4) is 0 Å². The molecule has 2 rings (SSSR count). The fourth-order valence-corrected chi connectivity index (χ4v) is 2.00. The van der Waals surface area contributed by atoms with Crippen LogP contribution in [0.25, 0.3) is 0 Å². The monoisotopic (exact) mass is 251 g/mol. The van der Waals surface area contributed by atoms with Gasteiger partial charge in [0.05, 0.1) is 11.4 Å². The van der Waals surface area contributed by atoms with Crippen molar-refractivity contribution in [3.63, 3.8) is 0 Å². The number of aryl methyl sites for hydroxylation is 2. The summed E-state index contributed by atoms with van der Waals surface area (Å²) >= 11 is 1.45. The number of nitrogen functional groups attached to an aromatic ring is 1. The molecule has 0 radical (unpaired) electrons. The lowest BCUT2D eigenvalue weighted by Gasteiger charge is -2.03. The van der Waals surface area contributed by atoms with Gasteiger partial charge in [-0.25, -0.2) is 20.8 Å². The van der Waals surface area contributed by atoms with Crippen LogP contribution in [-0.4, -0.2) is 15.0 Å². The molecule has 0 saturated heterocycles. The first kappa shape index (κ1) is 11.9. The van der Waals surface area contributed by atoms with Crippen LogP contribution in [0.1, 0.15) is 17.2 Å². The summed E-state index contributed by atoms with van der Waals surface area (Å²) < 4.78 is 5.23. The first-order valence-electron chi connectivity index (χ1n) is 5.03. The number of oxazole rings is 1. The summed E-state index contributed by atoms with van der Waals surface area (Å²) in [4.78, 5) is 12.7. The maximum absolute atomic E-state index is 5.32. The molecule has 6 nitrogen and oxygen atoms in total. The van der Waals surface area contributed by atoms with Gasteiger partial charge in [0, 0.05) is 11.8 Å². The van der Waals surface area contributed by atoms with Crippen LogP contribution in [0.5, 0.6) is 0 Å². The zero-order valence-electron chi connectivity index (χ0n) is 9.60. The highest BCUT2D eigenvalue weighted by Crippen LogP contribution is 2.20. The van der Waals surface area contributed by atoms with Gasteiger partial charge in [0.15, 0.2) is 0 Å². The molecule has 0 unspecified atom stereocenters. The van der Waals surface area contributed by atoms with Gasteiger partial charge in [0.2, 0.25) is 0 Å². The van der Waals surface area contributed by atoms with Gasteiger partial charge in [-0.15, -0.1) is 0 Å². The first-order valence-corrected chi connectivity index (χ1v) is 6.02. The summed E-state index contributed by atoms with van der Waals surface area (Å²) in [7, 11) is 0. The van der Waals surface area contributed by atoms with E-state index >= 15 is 0 Å². The van der Waals surface area contributed by atoms with Crippen LogP contribution in [0.2, 0.25) is 0 Å². The van der Waals surface area contributed by atoms with Gasteiger partial charge in [0.25, 0.3) is 5.22 Å². The Kier molecular flexibility index (Phi) is 3.60. The molecule has 17 heavy (non-hydrogen) atoms. The summed E-state index contributed by atoms with van der Waals surface area (Å²) in [6, 6.07) is 1.78. The quantitative estimate of drug-likeness (QED) is 0.485. The lowest BCUT2D eigenvalue weighted by molar-refractivity contribution is 0.454. The molecule has 0 aliphatic rings. The van der Waals surface area contributed by atoms with E-state index in [1.165, 1.54) is 11.8 Å². The van der Waals surface area contributed by atoms with Crippen LogP contribution in [0.15, 0.2) is 22.0 Å². The van der Waals surface area contributed by atoms with E-state index in [1.54, 1.807) is 12.3 Å². The van der Waals surface area contributed by atoms with Crippen LogP contribution >= 0.6 is 11.8 Å². The van der Waals surface area contributed by atoms with E-state index in [4.69, 9.17) is 10.3 Å². The molecule has 0 saturated carbocycles. The van der Waals surface area contributed by atoms with E-state index < -0.39 is 0 Å². The van der Waals surface area contributed by atoms with Crippen LogP contribution < -0.4 is 11.3 Å². The van der Waals surface area contributed by atoms with Gasteiger partial charge in [-0.05, 0) is 13.8 Å². The molecule has 7 heteroatoms. The molecule has 2 aromatic heterocycles. The average Bonchev–Trinajstić information content (AvgIpc) is 2.72. The van der Waals surface area contributed by atoms with Crippen molar-refractivity contribution in [1.82, 2.24) is 15.0 Å². The normalized spacial score (nSPS) is 10.5. The number of nitrogens with two attached hydrogens (primary N) is 1. The van der Waals surface area contributed by atoms with Crippen LogP contribution in [0.3, 0.4) is 0 Å². The second-order valence-corrected chi connectivity index (χ2v) is 4.43. The van der Waals surface area contributed by atoms with Gasteiger partial charge in [0.1, 0.15) is 17.9 Å². The maximum Gasteiger partial charge on any atom is 0.256 e. The number of aromatic nitrogens is 3. The lowest BCUT2D eigenvalue weighted by atomic mass is 10.4. The molecule has 0 atom stereocenters. The second-order valence-electron chi connectivity index (χ2n) is 3.50. The maximum atomic E-state index is 5.32. The van der Waals surface area contributed by atoms with E-state index in [9.17, 15) is 0 Å². The molecule has 0 aromatic carbocycles. The predicted octanol–water partition coefficient (Wildman–Crippen LogP) is 1.66. The second kappa shape index (κ2) is 5.15. The summed E-state index contributed by atoms with van der Waals surface area (Å²) in [5.41, 5.74) is 4.24. The Bertz CT molecular complexity index is 513. The summed E-state index contributed by atoms with van der Waals surface area (Å²) in [6.45, 7) is 3.78. The molecule has 0 bridgehead atoms. The summed E-state index contributed by atoms with van der Waals surface area (Å²) in [5, 5.41) is 0.620. The Morgan fingerprint density at radius 1 is 1.29 bits per heavy atom. The number of anilines is 1. The minimum atomic E-state index is 0.594. The number of thioether (sulfide) groups is 1. The van der Waals surface area contributed by atoms with Gasteiger partial charge in [-0.3, -0.25) is 0 Å². The van der Waals surface area contributed by atoms with E-state index in [1.807, 2.05) is 13.8 Å². The Labute approximate surface area is 103 Å². The van der Waals surface area contributed by atoms with E-state index in [2.05, 4.69) is 20.4 Å². The minimum absolute atomic E-state index is 0.594. The van der Waals surface area contributed by atoms with Crippen molar-refractivity contribution in [2.45, 2.75) is 24.8 Å². The van der Waals surface area contributed by atoms with Crippen molar-refractivity contribution in [2.24, 2.45) is 5.84 Å². The average molecular weight is 251 g/mol. The van der Waals surface area contributed by atoms with E-state index in [0.717, 1.165) is 11.4 Å². The van der Waals surface area contributed by atoms with Crippen molar-refractivity contribution in [2.75, 3.05) is 5.43 Å². The lowest BCUT2D eigenvalue weighted by Crippen LogP contribution is -2.10. The van der Waals surface area contributed by atoms with Gasteiger partial charge >= 0.3 is 0 Å². The molecule has 0 fully saturated rings. The number of rotatable bonds is 4. The molecule has 0 amide bonds. The highest BCUT2D eigenvalue weighted by atomic mass is 32.2. The number of hydrazine groups is 1. The molecule has 0 aliphatic carbocycles. The van der Waals surface area contributed by atoms with Crippen LogP contribution in [0, 0.1) is 13.8 Å². The zero-order valence-corrected chi connectivity index (χ0v) is 10.4. The van der Waals surface area contributed by atoms with Gasteiger partial charge in [-0.2, -0.15) is 0 Å². The smallest absolute Gasteiger partial charge is 0.256 e. The molecule has 0 spiro atoms. The fourth-order valence-electron chi connectivity index (χ4n) is 1.29. The fraction of sp³-hybridized carbons (Fsp3) is 0.300. The third-order valence-electron chi connectivity index (χ3n) is 1.97. The number of hydrogen-bond acceptors (Lipinski definition) is 7. The summed E-state index contributed by atoms with van der Waals surface area (Å²) in [6.07, 6.45) is 1.62. The van der Waals surface area contributed by atoms with Gasteiger partial charge in [-0.1, -0.05) is 11.8 Å². The minimum Gasteiger partial charge on any atom is -0.440 e. The molecule has 2 aromatic rings. The van der Waals surface area contributed by atoms with Crippen LogP contribution in [-0.2, 0) is 5.75 Å². The SMILES string of the molecule is Cc1cc(NN)nc(CSc2nc(C)co2)n1. The number of nitrogens with zero attached hydrogens (tertiary/aromatic N) is 3. The zero-order chi connectivity index (χ0) is 12.3. The topological polar surface area (TPSA) is 89.9 Å². The standard InChI is InChI=1S/C10H13N5OS/c1-6-3-8(15-11)14-9(12-6)5-17-10-13-7(2)4-16-10/h3-4H,5,11H2,1-2H3,(H,12,14,15). The molecular formula is C10H13N5OS. The Morgan fingerprint density at radius 2 is 2.12 bits per heavy atom. The highest BCUT2D eigenvalue weighted by Gasteiger charge is 2.06. The molecule has 0 aliphatic heterocycles. The predicted molar refractivity (Wildman–Crippen MR) is 65.4 cm³/mol. The Morgan fingerprint density at radius 3 is 2.76 bits per heavy atom. The van der Waals surface area contributed by atoms with Crippen molar-refractivity contribution < 1.29 is 4.42 Å². The molecule has 2 heterocycles.